The van der Waals surface area contributed by atoms with Crippen molar-refractivity contribution in [3.8, 4) is 0 Å². The Hall–Kier alpha value is -2.39. The van der Waals surface area contributed by atoms with Gasteiger partial charge in [0, 0.05) is 19.2 Å². The van der Waals surface area contributed by atoms with Gasteiger partial charge in [0.25, 0.3) is 0 Å². The summed E-state index contributed by atoms with van der Waals surface area (Å²) in [6, 6.07) is 9.29. The van der Waals surface area contributed by atoms with Gasteiger partial charge in [-0.1, -0.05) is 11.3 Å². The molecule has 0 bridgehead atoms. The van der Waals surface area contributed by atoms with Crippen LogP contribution in [0.4, 0.5) is 8.78 Å². The lowest BCUT2D eigenvalue weighted by Crippen LogP contribution is -2.39. The molecule has 2 aromatic carbocycles. The number of halogens is 2. The van der Waals surface area contributed by atoms with Gasteiger partial charge in [0.1, 0.15) is 17.2 Å². The maximum Gasteiger partial charge on any atom is 0.243 e. The third-order valence-electron chi connectivity index (χ3n) is 4.64. The molecule has 136 valence electrons. The highest BCUT2D eigenvalue weighted by Crippen LogP contribution is 2.28. The molecule has 0 atom stereocenters. The predicted molar refractivity (Wildman–Crippen MR) is 90.9 cm³/mol. The molecule has 0 aliphatic carbocycles. The molecular weight excluding hydrogens is 362 g/mol. The van der Waals surface area contributed by atoms with E-state index in [9.17, 15) is 17.2 Å². The number of rotatable bonds is 3. The molecule has 0 unspecified atom stereocenters. The molecule has 2 heterocycles. The summed E-state index contributed by atoms with van der Waals surface area (Å²) in [6.45, 7) is 0.595. The van der Waals surface area contributed by atoms with Gasteiger partial charge in [-0.15, -0.1) is 5.10 Å². The van der Waals surface area contributed by atoms with Crippen LogP contribution in [0.2, 0.25) is 0 Å². The van der Waals surface area contributed by atoms with Crippen LogP contribution in [0.1, 0.15) is 18.9 Å². The van der Waals surface area contributed by atoms with Crippen LogP contribution in [0.5, 0.6) is 0 Å². The van der Waals surface area contributed by atoms with Crippen LogP contribution in [-0.4, -0.2) is 40.8 Å². The zero-order valence-corrected chi connectivity index (χ0v) is 14.5. The summed E-state index contributed by atoms with van der Waals surface area (Å²) in [4.78, 5) is -0.0439. The Labute approximate surface area is 149 Å². The Morgan fingerprint density at radius 1 is 1.00 bits per heavy atom. The molecule has 0 spiro atoms. The first-order chi connectivity index (χ1) is 12.4. The molecule has 0 radical (unpaired) electrons. The Morgan fingerprint density at radius 3 is 2.46 bits per heavy atom. The number of piperidine rings is 1. The molecule has 0 saturated carbocycles. The topological polar surface area (TPSA) is 68.1 Å². The van der Waals surface area contributed by atoms with Gasteiger partial charge in [-0.2, -0.15) is 4.31 Å². The summed E-state index contributed by atoms with van der Waals surface area (Å²) in [7, 11) is -3.73. The highest BCUT2D eigenvalue weighted by Gasteiger charge is 2.31. The van der Waals surface area contributed by atoms with Crippen LogP contribution in [0, 0.1) is 11.6 Å². The summed E-state index contributed by atoms with van der Waals surface area (Å²) in [5.74, 6) is -0.956. The molecule has 1 fully saturated rings. The van der Waals surface area contributed by atoms with Crippen LogP contribution in [0.25, 0.3) is 11.0 Å². The summed E-state index contributed by atoms with van der Waals surface area (Å²) in [5.41, 5.74) is 1.19. The van der Waals surface area contributed by atoms with Crippen molar-refractivity contribution in [3.05, 3.63) is 54.1 Å². The SMILES string of the molecule is O=S(=O)(c1cccc(F)c1)N1CCC(n2nnc3cc(F)ccc32)CC1. The van der Waals surface area contributed by atoms with E-state index >= 15 is 0 Å². The van der Waals surface area contributed by atoms with E-state index in [4.69, 9.17) is 0 Å². The number of nitrogens with zero attached hydrogens (tertiary/aromatic N) is 4. The molecule has 6 nitrogen and oxygen atoms in total. The van der Waals surface area contributed by atoms with Gasteiger partial charge in [-0.3, -0.25) is 0 Å². The van der Waals surface area contributed by atoms with E-state index in [0.717, 1.165) is 11.6 Å². The quantitative estimate of drug-likeness (QED) is 0.703. The van der Waals surface area contributed by atoms with Crippen molar-refractivity contribution in [3.63, 3.8) is 0 Å². The fourth-order valence-electron chi connectivity index (χ4n) is 3.29. The minimum absolute atomic E-state index is 0.0237. The smallest absolute Gasteiger partial charge is 0.241 e. The van der Waals surface area contributed by atoms with Crippen molar-refractivity contribution >= 4 is 21.1 Å². The average Bonchev–Trinajstić information content (AvgIpc) is 3.05. The van der Waals surface area contributed by atoms with Gasteiger partial charge in [0.15, 0.2) is 0 Å². The lowest BCUT2D eigenvalue weighted by Gasteiger charge is -2.31. The lowest BCUT2D eigenvalue weighted by atomic mass is 10.1. The summed E-state index contributed by atoms with van der Waals surface area (Å²) >= 11 is 0. The molecule has 0 N–H and O–H groups in total. The highest BCUT2D eigenvalue weighted by atomic mass is 32.2. The minimum atomic E-state index is -3.73. The van der Waals surface area contributed by atoms with Crippen molar-refractivity contribution in [1.82, 2.24) is 19.3 Å². The molecule has 1 aromatic heterocycles. The van der Waals surface area contributed by atoms with Crippen molar-refractivity contribution in [1.29, 1.82) is 0 Å². The van der Waals surface area contributed by atoms with Crippen LogP contribution in [0.3, 0.4) is 0 Å². The maximum absolute atomic E-state index is 13.4. The average molecular weight is 378 g/mol. The van der Waals surface area contributed by atoms with E-state index < -0.39 is 15.8 Å². The number of aromatic nitrogens is 3. The van der Waals surface area contributed by atoms with E-state index in [1.165, 1.54) is 34.6 Å². The zero-order valence-electron chi connectivity index (χ0n) is 13.7. The number of hydrogen-bond acceptors (Lipinski definition) is 4. The van der Waals surface area contributed by atoms with E-state index in [1.807, 2.05) is 0 Å². The molecule has 1 aliphatic rings. The second-order valence-corrected chi connectivity index (χ2v) is 8.20. The molecule has 26 heavy (non-hydrogen) atoms. The van der Waals surface area contributed by atoms with Crippen LogP contribution < -0.4 is 0 Å². The standard InChI is InChI=1S/C17H16F2N4O2S/c18-12-2-1-3-15(10-12)26(24,25)22-8-6-14(7-9-22)23-17-5-4-13(19)11-16(17)20-21-23/h1-5,10-11,14H,6-9H2. The van der Waals surface area contributed by atoms with Crippen molar-refractivity contribution < 1.29 is 17.2 Å². The first-order valence-corrected chi connectivity index (χ1v) is 9.65. The van der Waals surface area contributed by atoms with E-state index in [1.54, 1.807) is 10.7 Å². The summed E-state index contributed by atoms with van der Waals surface area (Å²) < 4.78 is 55.1. The summed E-state index contributed by atoms with van der Waals surface area (Å²) in [5, 5.41) is 8.08. The van der Waals surface area contributed by atoms with E-state index in [2.05, 4.69) is 10.3 Å². The third-order valence-corrected chi connectivity index (χ3v) is 6.53. The Balaban J connectivity index is 1.53. The molecule has 9 heteroatoms. The second-order valence-electron chi connectivity index (χ2n) is 6.26. The molecular formula is C17H16F2N4O2S. The molecule has 0 amide bonds. The van der Waals surface area contributed by atoms with Crippen LogP contribution >= 0.6 is 0 Å². The van der Waals surface area contributed by atoms with Crippen molar-refractivity contribution in [2.45, 2.75) is 23.8 Å². The van der Waals surface area contributed by atoms with Gasteiger partial charge in [0.2, 0.25) is 10.0 Å². The molecule has 1 saturated heterocycles. The van der Waals surface area contributed by atoms with Crippen molar-refractivity contribution in [2.24, 2.45) is 0 Å². The largest absolute Gasteiger partial charge is 0.243 e. The Morgan fingerprint density at radius 2 is 1.73 bits per heavy atom. The highest BCUT2D eigenvalue weighted by molar-refractivity contribution is 7.89. The van der Waals surface area contributed by atoms with Gasteiger partial charge >= 0.3 is 0 Å². The Bertz CT molecular complexity index is 1060. The minimum Gasteiger partial charge on any atom is -0.241 e. The number of benzene rings is 2. The fraction of sp³-hybridized carbons (Fsp3) is 0.294. The second kappa shape index (κ2) is 6.40. The molecule has 1 aliphatic heterocycles. The normalized spacial score (nSPS) is 17.0. The first-order valence-electron chi connectivity index (χ1n) is 8.21. The van der Waals surface area contributed by atoms with Gasteiger partial charge < -0.3 is 0 Å². The van der Waals surface area contributed by atoms with Gasteiger partial charge in [0.05, 0.1) is 16.5 Å². The number of fused-ring (bicyclic) bond motifs is 1. The van der Waals surface area contributed by atoms with Crippen molar-refractivity contribution in [2.75, 3.05) is 13.1 Å². The fourth-order valence-corrected chi connectivity index (χ4v) is 4.79. The Kier molecular flexibility index (Phi) is 4.20. The zero-order chi connectivity index (χ0) is 18.3. The van der Waals surface area contributed by atoms with Gasteiger partial charge in [-0.25, -0.2) is 21.9 Å². The molecule has 4 rings (SSSR count). The van der Waals surface area contributed by atoms with E-state index in [0.29, 0.717) is 31.4 Å². The van der Waals surface area contributed by atoms with Crippen LogP contribution in [-0.2, 0) is 10.0 Å². The summed E-state index contributed by atoms with van der Waals surface area (Å²) in [6.07, 6.45) is 1.09. The maximum atomic E-state index is 13.4. The van der Waals surface area contributed by atoms with Gasteiger partial charge in [-0.05, 0) is 43.2 Å². The molecule has 3 aromatic rings. The van der Waals surface area contributed by atoms with Crippen LogP contribution in [0.15, 0.2) is 47.4 Å². The third kappa shape index (κ3) is 2.97. The predicted octanol–water partition coefficient (Wildman–Crippen LogP) is 2.74. The lowest BCUT2D eigenvalue weighted by molar-refractivity contribution is 0.262. The first kappa shape index (κ1) is 17.0. The monoisotopic (exact) mass is 378 g/mol. The number of sulfonamides is 1. The number of hydrogen-bond donors (Lipinski definition) is 0. The van der Waals surface area contributed by atoms with E-state index in [-0.39, 0.29) is 16.8 Å².